The first-order chi connectivity index (χ1) is 8.11. The average Bonchev–Trinajstić information content (AvgIpc) is 2.35. The van der Waals surface area contributed by atoms with Gasteiger partial charge in [0.25, 0.3) is 0 Å². The molecule has 0 rings (SSSR count). The Balaban J connectivity index is 4.96. The number of carbonyl (C=O) groups is 1. The number of unbranched alkanes of at least 4 members (excludes halogenated alkanes) is 1. The van der Waals surface area contributed by atoms with Crippen molar-refractivity contribution in [2.24, 2.45) is 0 Å². The molecule has 5 nitrogen and oxygen atoms in total. The van der Waals surface area contributed by atoms with Crippen molar-refractivity contribution in [2.75, 3.05) is 21.3 Å². The summed E-state index contributed by atoms with van der Waals surface area (Å²) < 4.78 is 20.8. The van der Waals surface area contributed by atoms with Crippen molar-refractivity contribution in [1.29, 1.82) is 0 Å². The molecule has 0 aromatic rings. The number of esters is 1. The van der Waals surface area contributed by atoms with Crippen molar-refractivity contribution in [2.45, 2.75) is 31.7 Å². The Morgan fingerprint density at radius 2 is 1.82 bits per heavy atom. The quantitative estimate of drug-likeness (QED) is 0.362. The Kier molecular flexibility index (Phi) is 8.06. The van der Waals surface area contributed by atoms with E-state index in [9.17, 15) is 4.79 Å². The minimum absolute atomic E-state index is 0.411. The minimum atomic E-state index is -3.01. The second-order valence-electron chi connectivity index (χ2n) is 3.51. The van der Waals surface area contributed by atoms with E-state index in [2.05, 4.69) is 6.58 Å². The average molecular weight is 262 g/mol. The highest BCUT2D eigenvalue weighted by atomic mass is 28.4. The fraction of sp³-hybridized carbons (Fsp3) is 0.727. The Morgan fingerprint density at radius 3 is 2.18 bits per heavy atom. The molecule has 0 aromatic heterocycles. The standard InChI is InChI=1S/C11H22O5Si/c1-6-8-9-10(11(12)16-7-2)17(13-3,14-4)15-5/h7,10H,2,6,8-9H2,1,3-5H3. The molecule has 0 aliphatic carbocycles. The molecule has 6 heteroatoms. The van der Waals surface area contributed by atoms with Crippen LogP contribution in [0.15, 0.2) is 12.8 Å². The van der Waals surface area contributed by atoms with E-state index in [-0.39, 0.29) is 0 Å². The van der Waals surface area contributed by atoms with Gasteiger partial charge in [-0.2, -0.15) is 0 Å². The molecule has 100 valence electrons. The minimum Gasteiger partial charge on any atom is -0.435 e. The number of carbonyl (C=O) groups excluding carboxylic acids is 1. The first-order valence-corrected chi connectivity index (χ1v) is 7.38. The van der Waals surface area contributed by atoms with Crippen LogP contribution in [0.25, 0.3) is 0 Å². The number of rotatable bonds is 9. The summed E-state index contributed by atoms with van der Waals surface area (Å²) in [4.78, 5) is 11.9. The van der Waals surface area contributed by atoms with Crippen molar-refractivity contribution >= 4 is 14.8 Å². The molecule has 0 radical (unpaired) electrons. The Bertz CT molecular complexity index is 232. The molecule has 0 heterocycles. The third kappa shape index (κ3) is 4.23. The summed E-state index contributed by atoms with van der Waals surface area (Å²) in [5.74, 6) is -0.411. The molecule has 0 fully saturated rings. The zero-order valence-electron chi connectivity index (χ0n) is 11.0. The van der Waals surface area contributed by atoms with E-state index in [0.29, 0.717) is 6.42 Å². The lowest BCUT2D eigenvalue weighted by Gasteiger charge is -2.30. The molecule has 0 aromatic carbocycles. The van der Waals surface area contributed by atoms with Gasteiger partial charge < -0.3 is 18.0 Å². The van der Waals surface area contributed by atoms with E-state index >= 15 is 0 Å². The first-order valence-electron chi connectivity index (χ1n) is 5.58. The third-order valence-corrected chi connectivity index (χ3v) is 5.70. The summed E-state index contributed by atoms with van der Waals surface area (Å²) in [5, 5.41) is 0. The van der Waals surface area contributed by atoms with Crippen molar-refractivity contribution < 1.29 is 22.8 Å². The maximum atomic E-state index is 11.9. The Morgan fingerprint density at radius 1 is 1.29 bits per heavy atom. The zero-order chi connectivity index (χ0) is 13.3. The van der Waals surface area contributed by atoms with Crippen molar-refractivity contribution in [1.82, 2.24) is 0 Å². The van der Waals surface area contributed by atoms with E-state index in [4.69, 9.17) is 18.0 Å². The van der Waals surface area contributed by atoms with Crippen LogP contribution in [0.5, 0.6) is 0 Å². The fourth-order valence-corrected chi connectivity index (χ4v) is 3.96. The van der Waals surface area contributed by atoms with Crippen LogP contribution in [-0.2, 0) is 22.8 Å². The molecule has 0 saturated heterocycles. The normalized spacial score (nSPS) is 13.2. The van der Waals surface area contributed by atoms with Crippen LogP contribution in [0.1, 0.15) is 26.2 Å². The van der Waals surface area contributed by atoms with Crippen LogP contribution in [0.3, 0.4) is 0 Å². The van der Waals surface area contributed by atoms with E-state index < -0.39 is 20.3 Å². The fourth-order valence-electron chi connectivity index (χ4n) is 1.69. The number of hydrogen-bond donors (Lipinski definition) is 0. The highest BCUT2D eigenvalue weighted by Crippen LogP contribution is 2.30. The lowest BCUT2D eigenvalue weighted by Crippen LogP contribution is -2.50. The molecule has 17 heavy (non-hydrogen) atoms. The summed E-state index contributed by atoms with van der Waals surface area (Å²) in [6.07, 6.45) is 3.58. The third-order valence-electron chi connectivity index (χ3n) is 2.61. The molecule has 0 amide bonds. The van der Waals surface area contributed by atoms with Crippen molar-refractivity contribution in [3.05, 3.63) is 12.8 Å². The van der Waals surface area contributed by atoms with E-state index in [1.165, 1.54) is 21.3 Å². The molecule has 0 spiro atoms. The predicted molar refractivity (Wildman–Crippen MR) is 66.3 cm³/mol. The van der Waals surface area contributed by atoms with Gasteiger partial charge in [0.1, 0.15) is 5.54 Å². The van der Waals surface area contributed by atoms with Gasteiger partial charge in [0.2, 0.25) is 0 Å². The second kappa shape index (κ2) is 8.41. The summed E-state index contributed by atoms with van der Waals surface area (Å²) in [7, 11) is 1.45. The van der Waals surface area contributed by atoms with Crippen LogP contribution in [-0.4, -0.2) is 36.1 Å². The van der Waals surface area contributed by atoms with Crippen LogP contribution in [0, 0.1) is 0 Å². The molecule has 0 N–H and O–H groups in total. The lowest BCUT2D eigenvalue weighted by atomic mass is 10.2. The Hall–Kier alpha value is -0.693. The highest BCUT2D eigenvalue weighted by molar-refractivity contribution is 6.66. The molecule has 0 aliphatic heterocycles. The highest BCUT2D eigenvalue weighted by Gasteiger charge is 2.51. The molecular formula is C11H22O5Si. The second-order valence-corrected chi connectivity index (χ2v) is 6.64. The molecule has 1 unspecified atom stereocenters. The largest absolute Gasteiger partial charge is 0.515 e. The molecule has 0 saturated carbocycles. The van der Waals surface area contributed by atoms with Gasteiger partial charge in [-0.25, -0.2) is 0 Å². The maximum Gasteiger partial charge on any atom is 0.515 e. The lowest BCUT2D eigenvalue weighted by molar-refractivity contribution is -0.139. The van der Waals surface area contributed by atoms with Gasteiger partial charge in [0, 0.05) is 21.3 Å². The van der Waals surface area contributed by atoms with Crippen LogP contribution < -0.4 is 0 Å². The smallest absolute Gasteiger partial charge is 0.435 e. The summed E-state index contributed by atoms with van der Waals surface area (Å²) in [5.41, 5.74) is -0.513. The van der Waals surface area contributed by atoms with Crippen LogP contribution >= 0.6 is 0 Å². The van der Waals surface area contributed by atoms with Crippen LogP contribution in [0.2, 0.25) is 5.54 Å². The summed E-state index contributed by atoms with van der Waals surface area (Å²) in [6, 6.07) is 0. The van der Waals surface area contributed by atoms with Gasteiger partial charge in [0.15, 0.2) is 0 Å². The summed E-state index contributed by atoms with van der Waals surface area (Å²) >= 11 is 0. The van der Waals surface area contributed by atoms with Gasteiger partial charge in [-0.15, -0.1) is 0 Å². The SMILES string of the molecule is C=COC(=O)C(CCCC)[Si](OC)(OC)OC. The molecule has 0 bridgehead atoms. The van der Waals surface area contributed by atoms with E-state index in [0.717, 1.165) is 19.1 Å². The van der Waals surface area contributed by atoms with E-state index in [1.54, 1.807) is 0 Å². The van der Waals surface area contributed by atoms with Crippen LogP contribution in [0.4, 0.5) is 0 Å². The zero-order valence-corrected chi connectivity index (χ0v) is 12.0. The van der Waals surface area contributed by atoms with E-state index in [1.807, 2.05) is 6.92 Å². The van der Waals surface area contributed by atoms with Crippen molar-refractivity contribution in [3.8, 4) is 0 Å². The Labute approximate surface area is 104 Å². The molecular weight excluding hydrogens is 240 g/mol. The van der Waals surface area contributed by atoms with Crippen molar-refractivity contribution in [3.63, 3.8) is 0 Å². The molecule has 0 aliphatic rings. The molecule has 1 atom stereocenters. The number of ether oxygens (including phenoxy) is 1. The first kappa shape index (κ1) is 16.3. The van der Waals surface area contributed by atoms with Gasteiger partial charge in [0.05, 0.1) is 6.26 Å². The van der Waals surface area contributed by atoms with Gasteiger partial charge in [-0.3, -0.25) is 4.79 Å². The summed E-state index contributed by atoms with van der Waals surface area (Å²) in [6.45, 7) is 5.42. The monoisotopic (exact) mass is 262 g/mol. The topological polar surface area (TPSA) is 54.0 Å². The maximum absolute atomic E-state index is 11.9. The van der Waals surface area contributed by atoms with Gasteiger partial charge in [-0.1, -0.05) is 26.3 Å². The van der Waals surface area contributed by atoms with Gasteiger partial charge >= 0.3 is 14.8 Å². The predicted octanol–water partition coefficient (Wildman–Crippen LogP) is 2.11. The van der Waals surface area contributed by atoms with Gasteiger partial charge in [-0.05, 0) is 6.42 Å². The number of hydrogen-bond acceptors (Lipinski definition) is 5.